The van der Waals surface area contributed by atoms with Gasteiger partial charge in [-0.05, 0) is 12.8 Å². The number of carboxylic acids is 1. The summed E-state index contributed by atoms with van der Waals surface area (Å²) in [6.07, 6.45) is 0.600. The van der Waals surface area contributed by atoms with Crippen molar-refractivity contribution in [2.45, 2.75) is 25.8 Å². The number of hydroxylamine groups is 2. The first kappa shape index (κ1) is 11.9. The van der Waals surface area contributed by atoms with Crippen molar-refractivity contribution in [2.24, 2.45) is 5.73 Å². The molecule has 0 aromatic carbocycles. The maximum Gasteiger partial charge on any atom is 0.320 e. The van der Waals surface area contributed by atoms with Crippen LogP contribution < -0.4 is 5.73 Å². The molecule has 0 rings (SSSR count). The fraction of sp³-hybridized carbons (Fsp3) is 0.714. The smallest absolute Gasteiger partial charge is 0.320 e. The molecular formula is C7H14N2O4. The molecule has 0 saturated heterocycles. The van der Waals surface area contributed by atoms with E-state index < -0.39 is 17.9 Å². The van der Waals surface area contributed by atoms with E-state index in [9.17, 15) is 9.59 Å². The number of aliphatic carboxylic acids is 1. The second-order valence-electron chi connectivity index (χ2n) is 2.73. The lowest BCUT2D eigenvalue weighted by Crippen LogP contribution is -2.32. The van der Waals surface area contributed by atoms with E-state index in [1.165, 1.54) is 6.92 Å². The van der Waals surface area contributed by atoms with E-state index in [1.807, 2.05) is 0 Å². The summed E-state index contributed by atoms with van der Waals surface area (Å²) in [5, 5.41) is 17.8. The van der Waals surface area contributed by atoms with Crippen molar-refractivity contribution in [3.05, 3.63) is 0 Å². The number of amides is 1. The standard InChI is InChI=1S/C7H14N2O4/c1-5(10)9(13)4-2-3-6(8)7(11)12/h6,13H,2-4,8H2,1H3,(H,11,12)/t6-/m1/s1. The molecule has 0 aliphatic carbocycles. The summed E-state index contributed by atoms with van der Waals surface area (Å²) >= 11 is 0. The van der Waals surface area contributed by atoms with Crippen LogP contribution in [-0.4, -0.2) is 39.8 Å². The van der Waals surface area contributed by atoms with Gasteiger partial charge in [0.2, 0.25) is 5.91 Å². The predicted octanol–water partition coefficient (Wildman–Crippen LogP) is -0.584. The number of nitrogens with two attached hydrogens (primary N) is 1. The first-order valence-electron chi connectivity index (χ1n) is 3.90. The van der Waals surface area contributed by atoms with E-state index >= 15 is 0 Å². The average Bonchev–Trinajstić information content (AvgIpc) is 2.03. The number of hydrogen-bond acceptors (Lipinski definition) is 4. The number of carboxylic acid groups (broad SMARTS) is 1. The Balaban J connectivity index is 3.56. The SMILES string of the molecule is CC(=O)N(O)CCC[C@@H](N)C(=O)O. The molecule has 0 saturated carbocycles. The Kier molecular flexibility index (Phi) is 5.01. The highest BCUT2D eigenvalue weighted by Gasteiger charge is 2.11. The molecule has 1 atom stereocenters. The molecule has 0 aliphatic heterocycles. The predicted molar refractivity (Wildman–Crippen MR) is 44.0 cm³/mol. The zero-order valence-electron chi connectivity index (χ0n) is 7.43. The lowest BCUT2D eigenvalue weighted by Gasteiger charge is -2.12. The van der Waals surface area contributed by atoms with E-state index in [1.54, 1.807) is 0 Å². The molecule has 4 N–H and O–H groups in total. The minimum atomic E-state index is -1.08. The van der Waals surface area contributed by atoms with Crippen molar-refractivity contribution in [3.8, 4) is 0 Å². The zero-order chi connectivity index (χ0) is 10.4. The summed E-state index contributed by atoms with van der Waals surface area (Å²) in [5.74, 6) is -1.55. The molecule has 0 bridgehead atoms. The van der Waals surface area contributed by atoms with Gasteiger partial charge in [-0.2, -0.15) is 0 Å². The van der Waals surface area contributed by atoms with Gasteiger partial charge in [-0.1, -0.05) is 0 Å². The fourth-order valence-corrected chi connectivity index (χ4v) is 0.742. The highest BCUT2D eigenvalue weighted by atomic mass is 16.5. The van der Waals surface area contributed by atoms with Gasteiger partial charge in [0, 0.05) is 13.5 Å². The number of hydrogen-bond donors (Lipinski definition) is 3. The third-order valence-corrected chi connectivity index (χ3v) is 1.57. The second-order valence-corrected chi connectivity index (χ2v) is 2.73. The highest BCUT2D eigenvalue weighted by Crippen LogP contribution is 1.96. The van der Waals surface area contributed by atoms with Gasteiger partial charge < -0.3 is 10.8 Å². The molecule has 6 nitrogen and oxygen atoms in total. The number of rotatable bonds is 5. The number of carbonyl (C=O) groups is 2. The first-order chi connectivity index (χ1) is 5.95. The molecule has 0 radical (unpaired) electrons. The summed E-state index contributed by atoms with van der Waals surface area (Å²) in [6.45, 7) is 1.33. The Labute approximate surface area is 75.9 Å². The van der Waals surface area contributed by atoms with Crippen molar-refractivity contribution in [2.75, 3.05) is 6.54 Å². The Bertz CT molecular complexity index is 175. The summed E-state index contributed by atoms with van der Waals surface area (Å²) < 4.78 is 0. The minimum absolute atomic E-state index is 0.107. The van der Waals surface area contributed by atoms with Crippen molar-refractivity contribution in [1.82, 2.24) is 5.06 Å². The lowest BCUT2D eigenvalue weighted by molar-refractivity contribution is -0.162. The molecule has 0 aromatic heterocycles. The van der Waals surface area contributed by atoms with Gasteiger partial charge in [-0.3, -0.25) is 14.8 Å². The van der Waals surface area contributed by atoms with Gasteiger partial charge in [0.15, 0.2) is 0 Å². The molecule has 0 fully saturated rings. The summed E-state index contributed by atoms with van der Waals surface area (Å²) in [6, 6.07) is -0.930. The van der Waals surface area contributed by atoms with E-state index in [0.717, 1.165) is 0 Å². The van der Waals surface area contributed by atoms with Crippen molar-refractivity contribution < 1.29 is 19.9 Å². The topological polar surface area (TPSA) is 104 Å². The Morgan fingerprint density at radius 3 is 2.46 bits per heavy atom. The minimum Gasteiger partial charge on any atom is -0.480 e. The van der Waals surface area contributed by atoms with Crippen LogP contribution in [0.15, 0.2) is 0 Å². The molecule has 0 aromatic rings. The lowest BCUT2D eigenvalue weighted by atomic mass is 10.2. The van der Waals surface area contributed by atoms with Crippen LogP contribution in [0.5, 0.6) is 0 Å². The maximum absolute atomic E-state index is 10.5. The molecule has 0 unspecified atom stereocenters. The van der Waals surface area contributed by atoms with Crippen LogP contribution in [0, 0.1) is 0 Å². The van der Waals surface area contributed by atoms with Gasteiger partial charge in [-0.15, -0.1) is 0 Å². The van der Waals surface area contributed by atoms with Crippen molar-refractivity contribution >= 4 is 11.9 Å². The Morgan fingerprint density at radius 2 is 2.08 bits per heavy atom. The molecule has 0 spiro atoms. The van der Waals surface area contributed by atoms with Crippen LogP contribution in [-0.2, 0) is 9.59 Å². The van der Waals surface area contributed by atoms with Crippen molar-refractivity contribution in [1.29, 1.82) is 0 Å². The van der Waals surface area contributed by atoms with Crippen LogP contribution in [0.4, 0.5) is 0 Å². The zero-order valence-corrected chi connectivity index (χ0v) is 7.43. The van der Waals surface area contributed by atoms with Crippen LogP contribution in [0.2, 0.25) is 0 Å². The fourth-order valence-electron chi connectivity index (χ4n) is 0.742. The molecule has 6 heteroatoms. The highest BCUT2D eigenvalue weighted by molar-refractivity contribution is 5.73. The van der Waals surface area contributed by atoms with Crippen molar-refractivity contribution in [3.63, 3.8) is 0 Å². The summed E-state index contributed by atoms with van der Waals surface area (Å²) in [4.78, 5) is 20.7. The third-order valence-electron chi connectivity index (χ3n) is 1.57. The molecule has 76 valence electrons. The van der Waals surface area contributed by atoms with Gasteiger partial charge in [0.1, 0.15) is 6.04 Å². The van der Waals surface area contributed by atoms with Crippen LogP contribution in [0.25, 0.3) is 0 Å². The Hall–Kier alpha value is -1.14. The molecule has 0 aliphatic rings. The Morgan fingerprint density at radius 1 is 1.54 bits per heavy atom. The molecule has 0 heterocycles. The number of carbonyl (C=O) groups excluding carboxylic acids is 1. The summed E-state index contributed by atoms with van der Waals surface area (Å²) in [5.41, 5.74) is 5.19. The second kappa shape index (κ2) is 5.50. The number of nitrogens with zero attached hydrogens (tertiary/aromatic N) is 1. The molecule has 13 heavy (non-hydrogen) atoms. The van der Waals surface area contributed by atoms with Gasteiger partial charge >= 0.3 is 5.97 Å². The largest absolute Gasteiger partial charge is 0.480 e. The molecular weight excluding hydrogens is 176 g/mol. The average molecular weight is 190 g/mol. The van der Waals surface area contributed by atoms with Crippen LogP contribution >= 0.6 is 0 Å². The first-order valence-corrected chi connectivity index (χ1v) is 3.90. The van der Waals surface area contributed by atoms with Crippen LogP contribution in [0.1, 0.15) is 19.8 Å². The van der Waals surface area contributed by atoms with E-state index in [4.69, 9.17) is 16.0 Å². The van der Waals surface area contributed by atoms with Gasteiger partial charge in [0.25, 0.3) is 0 Å². The van der Waals surface area contributed by atoms with E-state index in [-0.39, 0.29) is 13.0 Å². The normalized spacial score (nSPS) is 12.2. The third kappa shape index (κ3) is 5.15. The van der Waals surface area contributed by atoms with E-state index in [0.29, 0.717) is 11.5 Å². The summed E-state index contributed by atoms with van der Waals surface area (Å²) in [7, 11) is 0. The molecule has 1 amide bonds. The monoisotopic (exact) mass is 190 g/mol. The van der Waals surface area contributed by atoms with Gasteiger partial charge in [0.05, 0.1) is 0 Å². The maximum atomic E-state index is 10.5. The van der Waals surface area contributed by atoms with Crippen LogP contribution in [0.3, 0.4) is 0 Å². The van der Waals surface area contributed by atoms with E-state index in [2.05, 4.69) is 0 Å². The van der Waals surface area contributed by atoms with Gasteiger partial charge in [-0.25, -0.2) is 5.06 Å². The quantitative estimate of drug-likeness (QED) is 0.397.